The van der Waals surface area contributed by atoms with Crippen LogP contribution < -0.4 is 16.0 Å². The molecular formula is C15H20N4OS. The molecule has 2 aromatic rings. The first-order chi connectivity index (χ1) is 10.0. The van der Waals surface area contributed by atoms with Crippen molar-refractivity contribution in [3.63, 3.8) is 0 Å². The first kappa shape index (κ1) is 15.3. The number of aryl methyl sites for hydroxylation is 1. The first-order valence-corrected chi connectivity index (χ1v) is 7.74. The Balaban J connectivity index is 2.14. The van der Waals surface area contributed by atoms with Crippen LogP contribution in [0.4, 0.5) is 16.6 Å². The van der Waals surface area contributed by atoms with Gasteiger partial charge in [-0.05, 0) is 31.0 Å². The van der Waals surface area contributed by atoms with Crippen LogP contribution in [0.2, 0.25) is 0 Å². The molecule has 2 rings (SSSR count). The summed E-state index contributed by atoms with van der Waals surface area (Å²) in [6.07, 6.45) is 0.975. The van der Waals surface area contributed by atoms with Gasteiger partial charge in [0, 0.05) is 19.3 Å². The van der Waals surface area contributed by atoms with E-state index < -0.39 is 0 Å². The molecule has 0 saturated carbocycles. The van der Waals surface area contributed by atoms with Crippen LogP contribution in [0.1, 0.15) is 29.1 Å². The van der Waals surface area contributed by atoms with Crippen LogP contribution >= 0.6 is 11.3 Å². The molecule has 0 aliphatic carbocycles. The average Bonchev–Trinajstić information content (AvgIpc) is 2.89. The minimum Gasteiger partial charge on any atom is -0.382 e. The van der Waals surface area contributed by atoms with Gasteiger partial charge in [-0.15, -0.1) is 0 Å². The Labute approximate surface area is 128 Å². The Morgan fingerprint density at radius 2 is 2.00 bits per heavy atom. The molecule has 1 aromatic carbocycles. The summed E-state index contributed by atoms with van der Waals surface area (Å²) < 4.78 is 0. The van der Waals surface area contributed by atoms with Crippen molar-refractivity contribution in [1.29, 1.82) is 0 Å². The van der Waals surface area contributed by atoms with E-state index in [0.717, 1.165) is 23.8 Å². The number of nitrogens with zero attached hydrogens (tertiary/aromatic N) is 2. The average molecular weight is 304 g/mol. The van der Waals surface area contributed by atoms with Crippen LogP contribution in [0, 0.1) is 0 Å². The Hall–Kier alpha value is -2.08. The predicted octanol–water partition coefficient (Wildman–Crippen LogP) is 3.00. The van der Waals surface area contributed by atoms with Crippen molar-refractivity contribution in [2.45, 2.75) is 20.3 Å². The monoisotopic (exact) mass is 304 g/mol. The highest BCUT2D eigenvalue weighted by atomic mass is 32.1. The topological polar surface area (TPSA) is 71.2 Å². The van der Waals surface area contributed by atoms with E-state index in [1.807, 2.05) is 43.1 Å². The maximum absolute atomic E-state index is 12.3. The molecular weight excluding hydrogens is 284 g/mol. The van der Waals surface area contributed by atoms with Gasteiger partial charge in [0.15, 0.2) is 5.13 Å². The van der Waals surface area contributed by atoms with E-state index >= 15 is 0 Å². The SMILES string of the molecule is CCc1ccc(NC(=O)c2sc(N(C)CC)nc2N)cc1. The van der Waals surface area contributed by atoms with Gasteiger partial charge in [-0.3, -0.25) is 4.79 Å². The summed E-state index contributed by atoms with van der Waals surface area (Å²) in [6.45, 7) is 4.93. The zero-order chi connectivity index (χ0) is 15.4. The number of rotatable bonds is 5. The van der Waals surface area contributed by atoms with E-state index in [-0.39, 0.29) is 11.7 Å². The van der Waals surface area contributed by atoms with Crippen LogP contribution in [0.5, 0.6) is 0 Å². The lowest BCUT2D eigenvalue weighted by Crippen LogP contribution is -2.15. The molecule has 3 N–H and O–H groups in total. The number of carbonyl (C=O) groups excluding carboxylic acids is 1. The fourth-order valence-electron chi connectivity index (χ4n) is 1.79. The Bertz CT molecular complexity index is 621. The van der Waals surface area contributed by atoms with Crippen molar-refractivity contribution in [1.82, 2.24) is 4.98 Å². The number of hydrogen-bond donors (Lipinski definition) is 2. The van der Waals surface area contributed by atoms with E-state index in [0.29, 0.717) is 4.88 Å². The standard InChI is InChI=1S/C15H20N4OS/c1-4-10-6-8-11(9-7-10)17-14(20)12-13(16)18-15(21-12)19(3)5-2/h6-9H,4-5,16H2,1-3H3,(H,17,20). The van der Waals surface area contributed by atoms with Crippen molar-refractivity contribution in [2.75, 3.05) is 29.5 Å². The molecule has 1 amide bonds. The zero-order valence-corrected chi connectivity index (χ0v) is 13.3. The molecule has 0 fully saturated rings. The number of thiazole rings is 1. The van der Waals surface area contributed by atoms with Crippen LogP contribution in [0.25, 0.3) is 0 Å². The molecule has 0 atom stereocenters. The van der Waals surface area contributed by atoms with Crippen LogP contribution in [-0.4, -0.2) is 24.5 Å². The lowest BCUT2D eigenvalue weighted by atomic mass is 10.1. The number of aromatic nitrogens is 1. The minimum atomic E-state index is -0.218. The molecule has 5 nitrogen and oxygen atoms in total. The first-order valence-electron chi connectivity index (χ1n) is 6.92. The number of benzene rings is 1. The largest absolute Gasteiger partial charge is 0.382 e. The van der Waals surface area contributed by atoms with Crippen molar-refractivity contribution in [3.05, 3.63) is 34.7 Å². The highest BCUT2D eigenvalue weighted by Crippen LogP contribution is 2.28. The summed E-state index contributed by atoms with van der Waals surface area (Å²) in [6, 6.07) is 7.80. The van der Waals surface area contributed by atoms with Crippen molar-refractivity contribution in [2.24, 2.45) is 0 Å². The van der Waals surface area contributed by atoms with Crippen molar-refractivity contribution < 1.29 is 4.79 Å². The normalized spacial score (nSPS) is 10.4. The molecule has 1 aromatic heterocycles. The molecule has 0 bridgehead atoms. The van der Waals surface area contributed by atoms with Crippen molar-refractivity contribution >= 4 is 33.9 Å². The summed E-state index contributed by atoms with van der Waals surface area (Å²) in [5, 5.41) is 3.60. The quantitative estimate of drug-likeness (QED) is 0.891. The third kappa shape index (κ3) is 3.52. The summed E-state index contributed by atoms with van der Waals surface area (Å²) in [4.78, 5) is 18.9. The fourth-order valence-corrected chi connectivity index (χ4v) is 2.70. The molecule has 6 heteroatoms. The number of hydrogen-bond acceptors (Lipinski definition) is 5. The van der Waals surface area contributed by atoms with Gasteiger partial charge in [-0.25, -0.2) is 4.98 Å². The van der Waals surface area contributed by atoms with Gasteiger partial charge in [0.2, 0.25) is 0 Å². The van der Waals surface area contributed by atoms with Gasteiger partial charge in [0.05, 0.1) is 0 Å². The minimum absolute atomic E-state index is 0.218. The van der Waals surface area contributed by atoms with E-state index in [9.17, 15) is 4.79 Å². The summed E-state index contributed by atoms with van der Waals surface area (Å²) >= 11 is 1.30. The number of nitrogens with two attached hydrogens (primary N) is 1. The van der Waals surface area contributed by atoms with Gasteiger partial charge >= 0.3 is 0 Å². The number of nitrogen functional groups attached to an aromatic ring is 1. The Morgan fingerprint density at radius 1 is 1.33 bits per heavy atom. The van der Waals surface area contributed by atoms with Crippen molar-refractivity contribution in [3.8, 4) is 0 Å². The van der Waals surface area contributed by atoms with E-state index in [1.54, 1.807) is 0 Å². The predicted molar refractivity (Wildman–Crippen MR) is 89.2 cm³/mol. The van der Waals surface area contributed by atoms with Gasteiger partial charge < -0.3 is 16.0 Å². The second-order valence-corrected chi connectivity index (χ2v) is 5.71. The number of anilines is 3. The second kappa shape index (κ2) is 6.58. The summed E-state index contributed by atoms with van der Waals surface area (Å²) in [5.74, 6) is 0.0583. The molecule has 1 heterocycles. The Kier molecular flexibility index (Phi) is 4.80. The lowest BCUT2D eigenvalue weighted by Gasteiger charge is -2.10. The third-order valence-corrected chi connectivity index (χ3v) is 4.45. The van der Waals surface area contributed by atoms with Crippen LogP contribution in [0.3, 0.4) is 0 Å². The van der Waals surface area contributed by atoms with Gasteiger partial charge in [-0.2, -0.15) is 0 Å². The molecule has 21 heavy (non-hydrogen) atoms. The molecule has 0 aliphatic heterocycles. The molecule has 0 spiro atoms. The van der Waals surface area contributed by atoms with Crippen LogP contribution in [0.15, 0.2) is 24.3 Å². The zero-order valence-electron chi connectivity index (χ0n) is 12.5. The summed E-state index contributed by atoms with van der Waals surface area (Å²) in [5.41, 5.74) is 7.84. The highest BCUT2D eigenvalue weighted by Gasteiger charge is 2.17. The summed E-state index contributed by atoms with van der Waals surface area (Å²) in [7, 11) is 1.92. The lowest BCUT2D eigenvalue weighted by molar-refractivity contribution is 0.103. The van der Waals surface area contributed by atoms with E-state index in [2.05, 4.69) is 17.2 Å². The van der Waals surface area contributed by atoms with E-state index in [4.69, 9.17) is 5.73 Å². The van der Waals surface area contributed by atoms with Gasteiger partial charge in [-0.1, -0.05) is 30.4 Å². The maximum atomic E-state index is 12.3. The highest BCUT2D eigenvalue weighted by molar-refractivity contribution is 7.18. The molecule has 112 valence electrons. The number of carbonyl (C=O) groups is 1. The maximum Gasteiger partial charge on any atom is 0.269 e. The Morgan fingerprint density at radius 3 is 2.57 bits per heavy atom. The molecule has 0 unspecified atom stereocenters. The molecule has 0 saturated heterocycles. The smallest absolute Gasteiger partial charge is 0.269 e. The van der Waals surface area contributed by atoms with E-state index in [1.165, 1.54) is 16.9 Å². The molecule has 0 radical (unpaired) electrons. The number of amides is 1. The van der Waals surface area contributed by atoms with Gasteiger partial charge in [0.25, 0.3) is 5.91 Å². The fraction of sp³-hybridized carbons (Fsp3) is 0.333. The van der Waals surface area contributed by atoms with Crippen LogP contribution in [-0.2, 0) is 6.42 Å². The third-order valence-electron chi connectivity index (χ3n) is 3.27. The molecule has 0 aliphatic rings. The van der Waals surface area contributed by atoms with Gasteiger partial charge in [0.1, 0.15) is 10.7 Å². The second-order valence-electron chi connectivity index (χ2n) is 4.73. The number of nitrogens with one attached hydrogen (secondary N) is 1.